The van der Waals surface area contributed by atoms with Crippen molar-refractivity contribution in [3.63, 3.8) is 0 Å². The third-order valence-corrected chi connectivity index (χ3v) is 4.39. The molecule has 8 heteroatoms. The van der Waals surface area contributed by atoms with Crippen LogP contribution in [0.15, 0.2) is 0 Å². The lowest BCUT2D eigenvalue weighted by atomic mass is 10.1. The van der Waals surface area contributed by atoms with Crippen LogP contribution >= 0.6 is 24.8 Å². The van der Waals surface area contributed by atoms with E-state index in [1.807, 2.05) is 18.7 Å². The summed E-state index contributed by atoms with van der Waals surface area (Å²) < 4.78 is 0. The van der Waals surface area contributed by atoms with Crippen molar-refractivity contribution in [3.05, 3.63) is 0 Å². The van der Waals surface area contributed by atoms with Crippen LogP contribution in [0.4, 0.5) is 0 Å². The molecule has 0 spiro atoms. The molecule has 1 aliphatic carbocycles. The number of nitrogens with two attached hydrogens (primary N) is 1. The van der Waals surface area contributed by atoms with Crippen molar-refractivity contribution in [1.29, 1.82) is 0 Å². The number of hydrogen-bond donors (Lipinski definition) is 2. The zero-order valence-corrected chi connectivity index (χ0v) is 15.6. The first kappa shape index (κ1) is 22.4. The predicted molar refractivity (Wildman–Crippen MR) is 96.2 cm³/mol. The molecule has 3 N–H and O–H groups in total. The SMILES string of the molecule is CCCC(N)C(=O)N1CCN(C(C)C(=O)NC2CC2)CC1.Cl.Cl. The Kier molecular flexibility index (Phi) is 10.1. The predicted octanol–water partition coefficient (Wildman–Crippen LogP) is 0.769. The van der Waals surface area contributed by atoms with Gasteiger partial charge in [0.2, 0.25) is 11.8 Å². The number of piperazine rings is 1. The van der Waals surface area contributed by atoms with Gasteiger partial charge >= 0.3 is 0 Å². The minimum atomic E-state index is -0.378. The molecule has 1 saturated heterocycles. The van der Waals surface area contributed by atoms with E-state index in [-0.39, 0.29) is 48.7 Å². The zero-order chi connectivity index (χ0) is 15.4. The van der Waals surface area contributed by atoms with E-state index in [4.69, 9.17) is 5.73 Å². The number of nitrogens with one attached hydrogen (secondary N) is 1. The van der Waals surface area contributed by atoms with Gasteiger partial charge in [0.1, 0.15) is 0 Å². The molecule has 1 aliphatic heterocycles. The third kappa shape index (κ3) is 6.45. The van der Waals surface area contributed by atoms with Crippen molar-refractivity contribution in [3.8, 4) is 0 Å². The number of hydrogen-bond acceptors (Lipinski definition) is 4. The van der Waals surface area contributed by atoms with Crippen molar-refractivity contribution in [2.24, 2.45) is 5.73 Å². The summed E-state index contributed by atoms with van der Waals surface area (Å²) in [7, 11) is 0. The Morgan fingerprint density at radius 2 is 1.74 bits per heavy atom. The maximum atomic E-state index is 12.2. The third-order valence-electron chi connectivity index (χ3n) is 4.39. The lowest BCUT2D eigenvalue weighted by molar-refractivity contribution is -0.135. The van der Waals surface area contributed by atoms with Gasteiger partial charge in [-0.1, -0.05) is 13.3 Å². The summed E-state index contributed by atoms with van der Waals surface area (Å²) in [5.41, 5.74) is 5.89. The van der Waals surface area contributed by atoms with E-state index in [1.165, 1.54) is 0 Å². The Hall–Kier alpha value is -0.560. The Balaban J connectivity index is 0.00000242. The Morgan fingerprint density at radius 1 is 1.17 bits per heavy atom. The molecule has 0 aromatic rings. The molecule has 2 atom stereocenters. The van der Waals surface area contributed by atoms with Gasteiger partial charge in [0.25, 0.3) is 0 Å². The fraction of sp³-hybridized carbons (Fsp3) is 0.867. The van der Waals surface area contributed by atoms with Gasteiger partial charge in [-0.25, -0.2) is 0 Å². The molecule has 2 unspecified atom stereocenters. The molecule has 2 fully saturated rings. The highest BCUT2D eigenvalue weighted by Gasteiger charge is 2.31. The number of halogens is 2. The van der Waals surface area contributed by atoms with E-state index < -0.39 is 0 Å². The average Bonchev–Trinajstić information content (AvgIpc) is 3.30. The largest absolute Gasteiger partial charge is 0.352 e. The van der Waals surface area contributed by atoms with Crippen LogP contribution in [-0.2, 0) is 9.59 Å². The maximum Gasteiger partial charge on any atom is 0.239 e. The number of nitrogens with zero attached hydrogens (tertiary/aromatic N) is 2. The van der Waals surface area contributed by atoms with Gasteiger partial charge in [-0.05, 0) is 26.2 Å². The molecule has 2 amide bonds. The van der Waals surface area contributed by atoms with E-state index in [0.717, 1.165) is 38.8 Å². The molecule has 23 heavy (non-hydrogen) atoms. The van der Waals surface area contributed by atoms with Crippen molar-refractivity contribution in [2.45, 2.75) is 57.7 Å². The van der Waals surface area contributed by atoms with Crippen molar-refractivity contribution < 1.29 is 9.59 Å². The fourth-order valence-electron chi connectivity index (χ4n) is 2.71. The highest BCUT2D eigenvalue weighted by atomic mass is 35.5. The molecule has 0 radical (unpaired) electrons. The van der Waals surface area contributed by atoms with Crippen LogP contribution in [0.2, 0.25) is 0 Å². The summed E-state index contributed by atoms with van der Waals surface area (Å²) in [6.07, 6.45) is 3.87. The van der Waals surface area contributed by atoms with Crippen molar-refractivity contribution in [2.75, 3.05) is 26.2 Å². The number of carbonyl (C=O) groups excluding carboxylic acids is 2. The van der Waals surface area contributed by atoms with Crippen LogP contribution in [0.25, 0.3) is 0 Å². The molecule has 0 aromatic carbocycles. The quantitative estimate of drug-likeness (QED) is 0.725. The van der Waals surface area contributed by atoms with Crippen LogP contribution in [0.1, 0.15) is 39.5 Å². The van der Waals surface area contributed by atoms with Crippen LogP contribution in [0.3, 0.4) is 0 Å². The lowest BCUT2D eigenvalue weighted by Gasteiger charge is -2.38. The van der Waals surface area contributed by atoms with Gasteiger partial charge in [0, 0.05) is 32.2 Å². The van der Waals surface area contributed by atoms with Crippen LogP contribution in [0, 0.1) is 0 Å². The molecule has 6 nitrogen and oxygen atoms in total. The van der Waals surface area contributed by atoms with E-state index in [0.29, 0.717) is 19.1 Å². The Labute approximate surface area is 151 Å². The standard InChI is InChI=1S/C15H28N4O2.2ClH/c1-3-4-13(16)15(21)19-9-7-18(8-10-19)11(2)14(20)17-12-5-6-12;;/h11-13H,3-10,16H2,1-2H3,(H,17,20);2*1H. The van der Waals surface area contributed by atoms with E-state index in [1.54, 1.807) is 0 Å². The molecular formula is C15H30Cl2N4O2. The summed E-state index contributed by atoms with van der Waals surface area (Å²) in [5.74, 6) is 0.159. The minimum absolute atomic E-state index is 0. The molecular weight excluding hydrogens is 339 g/mol. The number of carbonyl (C=O) groups is 2. The Bertz CT molecular complexity index is 386. The van der Waals surface area contributed by atoms with Gasteiger partial charge in [-0.3, -0.25) is 14.5 Å². The average molecular weight is 369 g/mol. The summed E-state index contributed by atoms with van der Waals surface area (Å²) in [6.45, 7) is 6.78. The zero-order valence-electron chi connectivity index (χ0n) is 14.0. The molecule has 2 aliphatic rings. The van der Waals surface area contributed by atoms with Crippen molar-refractivity contribution in [1.82, 2.24) is 15.1 Å². The molecule has 0 bridgehead atoms. The van der Waals surface area contributed by atoms with Crippen molar-refractivity contribution >= 4 is 36.6 Å². The monoisotopic (exact) mass is 368 g/mol. The van der Waals surface area contributed by atoms with Gasteiger partial charge in [-0.15, -0.1) is 24.8 Å². The van der Waals surface area contributed by atoms with E-state index >= 15 is 0 Å². The van der Waals surface area contributed by atoms with Gasteiger partial charge in [-0.2, -0.15) is 0 Å². The van der Waals surface area contributed by atoms with Crippen LogP contribution in [0.5, 0.6) is 0 Å². The highest BCUT2D eigenvalue weighted by molar-refractivity contribution is 5.85. The molecule has 136 valence electrons. The summed E-state index contributed by atoms with van der Waals surface area (Å²) in [5, 5.41) is 3.04. The smallest absolute Gasteiger partial charge is 0.239 e. The van der Waals surface area contributed by atoms with Gasteiger partial charge in [0.15, 0.2) is 0 Å². The van der Waals surface area contributed by atoms with E-state index in [2.05, 4.69) is 10.2 Å². The maximum absolute atomic E-state index is 12.2. The molecule has 0 aromatic heterocycles. The van der Waals surface area contributed by atoms with Crippen LogP contribution in [-0.4, -0.2) is 65.9 Å². The molecule has 2 rings (SSSR count). The first-order chi connectivity index (χ1) is 10.0. The molecule has 1 heterocycles. The highest BCUT2D eigenvalue weighted by Crippen LogP contribution is 2.19. The second-order valence-corrected chi connectivity index (χ2v) is 6.22. The first-order valence-corrected chi connectivity index (χ1v) is 8.11. The summed E-state index contributed by atoms with van der Waals surface area (Å²) in [4.78, 5) is 28.2. The second kappa shape index (κ2) is 10.3. The number of amides is 2. The minimum Gasteiger partial charge on any atom is -0.352 e. The summed E-state index contributed by atoms with van der Waals surface area (Å²) in [6, 6.07) is -0.0980. The fourth-order valence-corrected chi connectivity index (χ4v) is 2.71. The second-order valence-electron chi connectivity index (χ2n) is 6.22. The van der Waals surface area contributed by atoms with E-state index in [9.17, 15) is 9.59 Å². The Morgan fingerprint density at radius 3 is 2.22 bits per heavy atom. The normalized spacial score (nSPS) is 20.7. The summed E-state index contributed by atoms with van der Waals surface area (Å²) >= 11 is 0. The topological polar surface area (TPSA) is 78.7 Å². The lowest BCUT2D eigenvalue weighted by Crippen LogP contribution is -2.57. The van der Waals surface area contributed by atoms with Gasteiger partial charge in [0.05, 0.1) is 12.1 Å². The van der Waals surface area contributed by atoms with Gasteiger partial charge < -0.3 is 16.0 Å². The molecule has 1 saturated carbocycles. The first-order valence-electron chi connectivity index (χ1n) is 8.11. The van der Waals surface area contributed by atoms with Crippen LogP contribution < -0.4 is 11.1 Å². The number of rotatable bonds is 6.